The molecule has 0 unspecified atom stereocenters. The lowest BCUT2D eigenvalue weighted by atomic mass is 9.87. The summed E-state index contributed by atoms with van der Waals surface area (Å²) in [6.45, 7) is 6.13. The fourth-order valence-electron chi connectivity index (χ4n) is 4.47. The number of aromatic nitrogens is 2. The molecule has 4 rings (SSSR count). The Bertz CT molecular complexity index is 993. The van der Waals surface area contributed by atoms with Crippen LogP contribution in [0.4, 0.5) is 0 Å². The van der Waals surface area contributed by atoms with Crippen molar-refractivity contribution in [2.24, 2.45) is 11.8 Å². The number of fused-ring (bicyclic) bond motifs is 1. The summed E-state index contributed by atoms with van der Waals surface area (Å²) < 4.78 is 1.29. The minimum Gasteiger partial charge on any atom is -0.333 e. The van der Waals surface area contributed by atoms with E-state index in [4.69, 9.17) is 0 Å². The van der Waals surface area contributed by atoms with E-state index in [0.29, 0.717) is 23.9 Å². The van der Waals surface area contributed by atoms with E-state index < -0.39 is 11.2 Å². The van der Waals surface area contributed by atoms with E-state index >= 15 is 0 Å². The average Bonchev–Trinajstić information content (AvgIpc) is 3.21. The van der Waals surface area contributed by atoms with E-state index in [9.17, 15) is 14.4 Å². The molecule has 1 aromatic heterocycles. The lowest BCUT2D eigenvalue weighted by Gasteiger charge is -2.29. The molecule has 0 radical (unpaired) electrons. The van der Waals surface area contributed by atoms with Crippen molar-refractivity contribution in [3.8, 4) is 0 Å². The molecule has 0 aliphatic carbocycles. The summed E-state index contributed by atoms with van der Waals surface area (Å²) in [7, 11) is 0. The fraction of sp³-hybridized carbons (Fsp3) is 0.450. The second kappa shape index (κ2) is 6.81. The number of nitrogens with zero attached hydrogens (tertiary/aromatic N) is 2. The topological polar surface area (TPSA) is 87.2 Å². The predicted octanol–water partition coefficient (Wildman–Crippen LogP) is 0.573. The number of nitrogens with one attached hydrogen (secondary N) is 2. The molecule has 2 aliphatic heterocycles. The highest BCUT2D eigenvalue weighted by molar-refractivity contribution is 5.77. The Morgan fingerprint density at radius 1 is 1.15 bits per heavy atom. The summed E-state index contributed by atoms with van der Waals surface area (Å²) in [6, 6.07) is 8.20. The second-order valence-corrected chi connectivity index (χ2v) is 7.63. The van der Waals surface area contributed by atoms with Crippen molar-refractivity contribution in [2.45, 2.75) is 26.4 Å². The molecule has 7 heteroatoms. The van der Waals surface area contributed by atoms with E-state index in [2.05, 4.69) is 29.4 Å². The fourth-order valence-corrected chi connectivity index (χ4v) is 4.47. The third-order valence-corrected chi connectivity index (χ3v) is 5.89. The van der Waals surface area contributed by atoms with Gasteiger partial charge in [-0.3, -0.25) is 19.1 Å². The van der Waals surface area contributed by atoms with Crippen LogP contribution in [0, 0.1) is 25.7 Å². The Kier molecular flexibility index (Phi) is 4.47. The van der Waals surface area contributed by atoms with Gasteiger partial charge in [0, 0.05) is 37.3 Å². The maximum atomic E-state index is 13.1. The minimum absolute atomic E-state index is 0.0123. The third-order valence-electron chi connectivity index (χ3n) is 5.89. The molecular weight excluding hydrogens is 344 g/mol. The summed E-state index contributed by atoms with van der Waals surface area (Å²) in [4.78, 5) is 41.0. The number of rotatable bonds is 3. The first-order valence-corrected chi connectivity index (χ1v) is 9.32. The number of aromatic amines is 1. The number of benzene rings is 1. The van der Waals surface area contributed by atoms with Gasteiger partial charge in [-0.15, -0.1) is 0 Å². The van der Waals surface area contributed by atoms with Gasteiger partial charge in [-0.05, 0) is 30.9 Å². The number of aryl methyl sites for hydroxylation is 2. The van der Waals surface area contributed by atoms with Crippen molar-refractivity contribution in [2.75, 3.05) is 19.6 Å². The maximum Gasteiger partial charge on any atom is 0.328 e. The quantitative estimate of drug-likeness (QED) is 0.829. The Hall–Kier alpha value is -2.67. The monoisotopic (exact) mass is 368 g/mol. The zero-order valence-corrected chi connectivity index (χ0v) is 15.6. The molecule has 2 aliphatic rings. The first-order valence-electron chi connectivity index (χ1n) is 9.32. The molecular formula is C20H24N4O3. The van der Waals surface area contributed by atoms with E-state index in [0.717, 1.165) is 13.1 Å². The highest BCUT2D eigenvalue weighted by Crippen LogP contribution is 2.43. The van der Waals surface area contributed by atoms with Crippen molar-refractivity contribution in [1.29, 1.82) is 0 Å². The molecule has 3 heterocycles. The summed E-state index contributed by atoms with van der Waals surface area (Å²) in [5, 5.41) is 3.44. The summed E-state index contributed by atoms with van der Waals surface area (Å²) in [6.07, 6.45) is 1.46. The SMILES string of the molecule is Cc1ccccc1[C@H]1[C@H]2CNC[C@H]2CN1C(=O)Cn1cc(C)c(=O)[nH]c1=O. The Balaban J connectivity index is 1.66. The first kappa shape index (κ1) is 17.7. The first-order chi connectivity index (χ1) is 13.0. The van der Waals surface area contributed by atoms with Gasteiger partial charge in [-0.25, -0.2) is 4.79 Å². The van der Waals surface area contributed by atoms with Crippen molar-refractivity contribution in [3.05, 3.63) is 68.0 Å². The van der Waals surface area contributed by atoms with Crippen LogP contribution in [0.15, 0.2) is 40.1 Å². The summed E-state index contributed by atoms with van der Waals surface area (Å²) >= 11 is 0. The minimum atomic E-state index is -0.549. The molecule has 1 amide bonds. The number of amides is 1. The number of hydrogen-bond acceptors (Lipinski definition) is 4. The molecule has 0 bridgehead atoms. The molecule has 27 heavy (non-hydrogen) atoms. The molecule has 7 nitrogen and oxygen atoms in total. The van der Waals surface area contributed by atoms with Crippen LogP contribution >= 0.6 is 0 Å². The van der Waals surface area contributed by atoms with Gasteiger partial charge in [0.25, 0.3) is 5.56 Å². The standard InChI is InChI=1S/C20H24N4O3/c1-12-5-3-4-6-15(12)18-16-8-21-7-14(16)10-24(18)17(25)11-23-9-13(2)19(26)22-20(23)27/h3-6,9,14,16,18,21H,7-8,10-11H2,1-2H3,(H,22,26,27)/t14-,16-,18-/m0/s1. The lowest BCUT2D eigenvalue weighted by molar-refractivity contribution is -0.133. The molecule has 0 spiro atoms. The lowest BCUT2D eigenvalue weighted by Crippen LogP contribution is -2.40. The summed E-state index contributed by atoms with van der Waals surface area (Å²) in [5.74, 6) is 0.711. The van der Waals surface area contributed by atoms with Crippen LogP contribution in [0.3, 0.4) is 0 Å². The van der Waals surface area contributed by atoms with Crippen molar-refractivity contribution in [1.82, 2.24) is 19.8 Å². The Morgan fingerprint density at radius 3 is 2.70 bits per heavy atom. The molecule has 3 atom stereocenters. The van der Waals surface area contributed by atoms with E-state index in [-0.39, 0.29) is 18.5 Å². The predicted molar refractivity (Wildman–Crippen MR) is 102 cm³/mol. The maximum absolute atomic E-state index is 13.1. The second-order valence-electron chi connectivity index (χ2n) is 7.63. The van der Waals surface area contributed by atoms with Crippen molar-refractivity contribution < 1.29 is 4.79 Å². The van der Waals surface area contributed by atoms with Crippen LogP contribution in [-0.2, 0) is 11.3 Å². The Morgan fingerprint density at radius 2 is 1.93 bits per heavy atom. The highest BCUT2D eigenvalue weighted by atomic mass is 16.2. The van der Waals surface area contributed by atoms with Gasteiger partial charge in [0.1, 0.15) is 6.54 Å². The van der Waals surface area contributed by atoms with Gasteiger partial charge in [0.15, 0.2) is 0 Å². The largest absolute Gasteiger partial charge is 0.333 e. The van der Waals surface area contributed by atoms with Crippen LogP contribution in [0.2, 0.25) is 0 Å². The van der Waals surface area contributed by atoms with Gasteiger partial charge in [0.05, 0.1) is 6.04 Å². The highest BCUT2D eigenvalue weighted by Gasteiger charge is 2.46. The van der Waals surface area contributed by atoms with Gasteiger partial charge < -0.3 is 10.2 Å². The molecule has 1 aromatic carbocycles. The van der Waals surface area contributed by atoms with Crippen LogP contribution in [0.1, 0.15) is 22.7 Å². The Labute approximate surface area is 157 Å². The number of hydrogen-bond donors (Lipinski definition) is 2. The molecule has 2 N–H and O–H groups in total. The summed E-state index contributed by atoms with van der Waals surface area (Å²) in [5.41, 5.74) is 1.80. The zero-order valence-electron chi connectivity index (χ0n) is 15.6. The van der Waals surface area contributed by atoms with Gasteiger partial charge in [-0.2, -0.15) is 0 Å². The van der Waals surface area contributed by atoms with Crippen molar-refractivity contribution >= 4 is 5.91 Å². The molecule has 2 fully saturated rings. The third kappa shape index (κ3) is 3.12. The number of likely N-dealkylation sites (tertiary alicyclic amines) is 1. The van der Waals surface area contributed by atoms with Crippen LogP contribution in [0.5, 0.6) is 0 Å². The number of H-pyrrole nitrogens is 1. The van der Waals surface area contributed by atoms with Crippen molar-refractivity contribution in [3.63, 3.8) is 0 Å². The molecule has 2 saturated heterocycles. The van der Waals surface area contributed by atoms with Crippen LogP contribution in [-0.4, -0.2) is 40.0 Å². The molecule has 2 aromatic rings. The number of carbonyl (C=O) groups excluding carboxylic acids is 1. The van der Waals surface area contributed by atoms with Gasteiger partial charge >= 0.3 is 5.69 Å². The number of carbonyl (C=O) groups is 1. The van der Waals surface area contributed by atoms with Gasteiger partial charge in [-0.1, -0.05) is 24.3 Å². The molecule has 142 valence electrons. The van der Waals surface area contributed by atoms with Crippen LogP contribution < -0.4 is 16.6 Å². The average molecular weight is 368 g/mol. The smallest absolute Gasteiger partial charge is 0.328 e. The van der Waals surface area contributed by atoms with E-state index in [1.54, 1.807) is 6.92 Å². The molecule has 0 saturated carbocycles. The van der Waals surface area contributed by atoms with E-state index in [1.165, 1.54) is 21.9 Å². The van der Waals surface area contributed by atoms with Gasteiger partial charge in [0.2, 0.25) is 5.91 Å². The van der Waals surface area contributed by atoms with E-state index in [1.807, 2.05) is 17.0 Å². The normalized spacial score (nSPS) is 24.2. The van der Waals surface area contributed by atoms with Crippen LogP contribution in [0.25, 0.3) is 0 Å². The zero-order chi connectivity index (χ0) is 19.1.